The lowest BCUT2D eigenvalue weighted by Crippen LogP contribution is -2.24. The maximum Gasteiger partial charge on any atom is 0.253 e. The van der Waals surface area contributed by atoms with Gasteiger partial charge in [0.1, 0.15) is 0 Å². The van der Waals surface area contributed by atoms with Crippen molar-refractivity contribution < 1.29 is 4.79 Å². The zero-order valence-corrected chi connectivity index (χ0v) is 12.1. The average Bonchev–Trinajstić information content (AvgIpc) is 2.82. The molecule has 5 nitrogen and oxygen atoms in total. The molecule has 0 radical (unpaired) electrons. The van der Waals surface area contributed by atoms with Crippen LogP contribution in [0, 0.1) is 6.92 Å². The summed E-state index contributed by atoms with van der Waals surface area (Å²) in [5, 5.41) is 10.3. The third-order valence-corrected chi connectivity index (χ3v) is 2.99. The number of hydrogen-bond acceptors (Lipinski definition) is 3. The molecule has 0 aliphatic heterocycles. The monoisotopic (exact) mass is 272 g/mol. The molecule has 2 N–H and O–H groups in total. The van der Waals surface area contributed by atoms with Gasteiger partial charge in [0.25, 0.3) is 5.91 Å². The van der Waals surface area contributed by atoms with Crippen LogP contribution in [0.1, 0.15) is 28.5 Å². The molecule has 0 saturated heterocycles. The third-order valence-electron chi connectivity index (χ3n) is 2.99. The Kier molecular flexibility index (Phi) is 4.40. The number of amides is 1. The van der Waals surface area contributed by atoms with Gasteiger partial charge < -0.3 is 10.6 Å². The number of aryl methyl sites for hydroxylation is 2. The van der Waals surface area contributed by atoms with Gasteiger partial charge in [-0.15, -0.1) is 0 Å². The molecule has 0 aliphatic rings. The molecule has 2 rings (SSSR count). The van der Waals surface area contributed by atoms with Crippen LogP contribution < -0.4 is 10.6 Å². The van der Waals surface area contributed by atoms with E-state index in [0.29, 0.717) is 12.1 Å². The van der Waals surface area contributed by atoms with Crippen molar-refractivity contribution in [3.63, 3.8) is 0 Å². The Hall–Kier alpha value is -2.30. The Balaban J connectivity index is 2.08. The minimum atomic E-state index is -0.0911. The summed E-state index contributed by atoms with van der Waals surface area (Å²) >= 11 is 0. The lowest BCUT2D eigenvalue weighted by Gasteiger charge is -2.11. The number of nitrogens with one attached hydrogen (secondary N) is 2. The summed E-state index contributed by atoms with van der Waals surface area (Å²) in [6.07, 6.45) is 1.86. The number of rotatable bonds is 5. The van der Waals surface area contributed by atoms with Gasteiger partial charge in [0.15, 0.2) is 0 Å². The first-order valence-corrected chi connectivity index (χ1v) is 6.71. The van der Waals surface area contributed by atoms with E-state index in [-0.39, 0.29) is 5.91 Å². The first-order valence-electron chi connectivity index (χ1n) is 6.71. The molecule has 1 aromatic heterocycles. The van der Waals surface area contributed by atoms with Crippen molar-refractivity contribution in [1.82, 2.24) is 15.1 Å². The Labute approximate surface area is 119 Å². The number of carbonyl (C=O) groups is 1. The van der Waals surface area contributed by atoms with Gasteiger partial charge in [0.2, 0.25) is 0 Å². The van der Waals surface area contributed by atoms with Crippen LogP contribution in [0.4, 0.5) is 5.69 Å². The van der Waals surface area contributed by atoms with Crippen LogP contribution in [0.2, 0.25) is 0 Å². The molecule has 2 aromatic rings. The van der Waals surface area contributed by atoms with Crippen molar-refractivity contribution >= 4 is 11.6 Å². The van der Waals surface area contributed by atoms with Gasteiger partial charge in [-0.2, -0.15) is 5.10 Å². The Morgan fingerprint density at radius 1 is 1.35 bits per heavy atom. The van der Waals surface area contributed by atoms with Gasteiger partial charge >= 0.3 is 0 Å². The number of anilines is 1. The number of hydrogen-bond donors (Lipinski definition) is 2. The summed E-state index contributed by atoms with van der Waals surface area (Å²) in [6.45, 7) is 5.23. The molecule has 0 unspecified atom stereocenters. The molecular weight excluding hydrogens is 252 g/mol. The third kappa shape index (κ3) is 3.38. The van der Waals surface area contributed by atoms with Crippen molar-refractivity contribution in [2.45, 2.75) is 20.4 Å². The zero-order chi connectivity index (χ0) is 14.5. The summed E-state index contributed by atoms with van der Waals surface area (Å²) in [5.74, 6) is -0.0911. The van der Waals surface area contributed by atoms with Crippen molar-refractivity contribution in [2.24, 2.45) is 7.05 Å². The molecule has 0 bridgehead atoms. The molecule has 0 fully saturated rings. The highest BCUT2D eigenvalue weighted by atomic mass is 16.1. The van der Waals surface area contributed by atoms with Crippen molar-refractivity contribution in [2.75, 3.05) is 11.9 Å². The molecule has 0 atom stereocenters. The second-order valence-corrected chi connectivity index (χ2v) is 4.74. The average molecular weight is 272 g/mol. The number of nitrogens with zero attached hydrogens (tertiary/aromatic N) is 2. The Morgan fingerprint density at radius 3 is 2.80 bits per heavy atom. The lowest BCUT2D eigenvalue weighted by atomic mass is 10.1. The maximum atomic E-state index is 12.2. The van der Waals surface area contributed by atoms with Crippen LogP contribution in [0.15, 0.2) is 30.5 Å². The Bertz CT molecular complexity index is 604. The highest BCUT2D eigenvalue weighted by Gasteiger charge is 2.11. The molecule has 1 amide bonds. The molecular formula is C15H20N4O. The van der Waals surface area contributed by atoms with Crippen molar-refractivity contribution in [1.29, 1.82) is 0 Å². The Morgan fingerprint density at radius 2 is 2.15 bits per heavy atom. The van der Waals surface area contributed by atoms with E-state index < -0.39 is 0 Å². The van der Waals surface area contributed by atoms with E-state index in [1.54, 1.807) is 4.68 Å². The van der Waals surface area contributed by atoms with Gasteiger partial charge in [-0.25, -0.2) is 0 Å². The fraction of sp³-hybridized carbons (Fsp3) is 0.333. The van der Waals surface area contributed by atoms with Crippen LogP contribution in [-0.2, 0) is 13.6 Å². The van der Waals surface area contributed by atoms with E-state index in [9.17, 15) is 4.79 Å². The summed E-state index contributed by atoms with van der Waals surface area (Å²) < 4.78 is 1.72. The number of carbonyl (C=O) groups excluding carboxylic acids is 1. The fourth-order valence-electron chi connectivity index (χ4n) is 2.02. The summed E-state index contributed by atoms with van der Waals surface area (Å²) in [6, 6.07) is 7.66. The summed E-state index contributed by atoms with van der Waals surface area (Å²) in [7, 11) is 1.86. The lowest BCUT2D eigenvalue weighted by molar-refractivity contribution is 0.0951. The predicted octanol–water partition coefficient (Wildman–Crippen LogP) is 2.09. The highest BCUT2D eigenvalue weighted by molar-refractivity contribution is 5.99. The minimum absolute atomic E-state index is 0.0911. The highest BCUT2D eigenvalue weighted by Crippen LogP contribution is 2.17. The topological polar surface area (TPSA) is 59.0 Å². The van der Waals surface area contributed by atoms with E-state index in [2.05, 4.69) is 15.7 Å². The smallest absolute Gasteiger partial charge is 0.253 e. The van der Waals surface area contributed by atoms with Crippen LogP contribution in [0.25, 0.3) is 0 Å². The zero-order valence-electron chi connectivity index (χ0n) is 12.1. The SMILES string of the molecule is CCNc1cc(C)ccc1C(=O)NCc1ccn(C)n1. The normalized spacial score (nSPS) is 10.3. The van der Waals surface area contributed by atoms with Crippen LogP contribution in [0.3, 0.4) is 0 Å². The molecule has 1 heterocycles. The molecule has 20 heavy (non-hydrogen) atoms. The maximum absolute atomic E-state index is 12.2. The molecule has 106 valence electrons. The van der Waals surface area contributed by atoms with E-state index in [1.807, 2.05) is 51.4 Å². The predicted molar refractivity (Wildman–Crippen MR) is 79.7 cm³/mol. The van der Waals surface area contributed by atoms with Crippen LogP contribution in [0.5, 0.6) is 0 Å². The van der Waals surface area contributed by atoms with Crippen molar-refractivity contribution in [3.8, 4) is 0 Å². The number of benzene rings is 1. The van der Waals surface area contributed by atoms with E-state index in [0.717, 1.165) is 23.5 Å². The largest absolute Gasteiger partial charge is 0.385 e. The van der Waals surface area contributed by atoms with Gasteiger partial charge in [0.05, 0.1) is 17.8 Å². The second-order valence-electron chi connectivity index (χ2n) is 4.74. The van der Waals surface area contributed by atoms with E-state index >= 15 is 0 Å². The standard InChI is InChI=1S/C15H20N4O/c1-4-16-14-9-11(2)5-6-13(14)15(20)17-10-12-7-8-19(3)18-12/h5-9,16H,4,10H2,1-3H3,(H,17,20). The van der Waals surface area contributed by atoms with Crippen molar-refractivity contribution in [3.05, 3.63) is 47.3 Å². The quantitative estimate of drug-likeness (QED) is 0.876. The molecule has 5 heteroatoms. The molecule has 0 aliphatic carbocycles. The molecule has 0 saturated carbocycles. The van der Waals surface area contributed by atoms with E-state index in [4.69, 9.17) is 0 Å². The van der Waals surface area contributed by atoms with Gasteiger partial charge in [-0.3, -0.25) is 9.48 Å². The van der Waals surface area contributed by atoms with Gasteiger partial charge in [-0.1, -0.05) is 6.07 Å². The number of aromatic nitrogens is 2. The first-order chi connectivity index (χ1) is 9.60. The summed E-state index contributed by atoms with van der Waals surface area (Å²) in [4.78, 5) is 12.2. The van der Waals surface area contributed by atoms with Crippen LogP contribution in [-0.4, -0.2) is 22.2 Å². The molecule has 0 spiro atoms. The summed E-state index contributed by atoms with van der Waals surface area (Å²) in [5.41, 5.74) is 3.50. The van der Waals surface area contributed by atoms with Gasteiger partial charge in [-0.05, 0) is 37.6 Å². The van der Waals surface area contributed by atoms with E-state index in [1.165, 1.54) is 0 Å². The minimum Gasteiger partial charge on any atom is -0.385 e. The van der Waals surface area contributed by atoms with Crippen LogP contribution >= 0.6 is 0 Å². The fourth-order valence-corrected chi connectivity index (χ4v) is 2.02. The molecule has 1 aromatic carbocycles. The first kappa shape index (κ1) is 14.1. The second kappa shape index (κ2) is 6.23. The van der Waals surface area contributed by atoms with Gasteiger partial charge in [0, 0.05) is 25.5 Å².